The highest BCUT2D eigenvalue weighted by Gasteiger charge is 2.70. The standard InChI is InChI=1S/C10H10F4N2O5S/c11-3-1-16(8(22)15-6(3)19)7-9(20,10(12,13)14)5(18)4(2-17)21-7/h1,4-5,7,17-18,20H,2H2,(H,15,19,22)/t4-,5?,7-,9-/m1/s1. The quantitative estimate of drug-likeness (QED) is 0.428. The van der Waals surface area contributed by atoms with Gasteiger partial charge in [0.2, 0.25) is 11.4 Å². The molecule has 4 N–H and O–H groups in total. The molecule has 2 heterocycles. The maximum atomic E-state index is 13.3. The summed E-state index contributed by atoms with van der Waals surface area (Å²) in [5, 5.41) is 28.5. The number of aromatic amines is 1. The molecular formula is C10H10F4N2O5S. The summed E-state index contributed by atoms with van der Waals surface area (Å²) in [6, 6.07) is 0. The highest BCUT2D eigenvalue weighted by atomic mass is 32.1. The zero-order chi connectivity index (χ0) is 16.9. The summed E-state index contributed by atoms with van der Waals surface area (Å²) in [5.74, 6) is -1.47. The van der Waals surface area contributed by atoms with E-state index in [1.165, 1.54) is 0 Å². The van der Waals surface area contributed by atoms with Crippen LogP contribution in [-0.4, -0.2) is 55.5 Å². The SMILES string of the molecule is O=c1[nH]c(=S)n([C@@H]2O[C@H](CO)C(O)[C@]2(O)C(F)(F)F)cc1F. The normalized spacial score (nSPS) is 32.4. The van der Waals surface area contributed by atoms with Crippen molar-refractivity contribution in [3.8, 4) is 0 Å². The van der Waals surface area contributed by atoms with Gasteiger partial charge in [-0.25, -0.2) is 0 Å². The number of ether oxygens (including phenoxy) is 1. The molecule has 0 amide bonds. The van der Waals surface area contributed by atoms with Crippen LogP contribution in [0.25, 0.3) is 0 Å². The predicted molar refractivity (Wildman–Crippen MR) is 63.9 cm³/mol. The van der Waals surface area contributed by atoms with Crippen molar-refractivity contribution in [2.24, 2.45) is 0 Å². The van der Waals surface area contributed by atoms with Crippen LogP contribution in [0.15, 0.2) is 11.0 Å². The van der Waals surface area contributed by atoms with Crippen molar-refractivity contribution in [2.45, 2.75) is 30.2 Å². The molecule has 124 valence electrons. The summed E-state index contributed by atoms with van der Waals surface area (Å²) in [6.07, 6.45) is -11.8. The van der Waals surface area contributed by atoms with E-state index in [1.54, 1.807) is 4.98 Å². The zero-order valence-electron chi connectivity index (χ0n) is 10.5. The lowest BCUT2D eigenvalue weighted by Crippen LogP contribution is -2.57. The van der Waals surface area contributed by atoms with E-state index in [2.05, 4.69) is 12.2 Å². The molecule has 4 atom stereocenters. The van der Waals surface area contributed by atoms with Crippen LogP contribution in [0.4, 0.5) is 17.6 Å². The molecule has 1 aromatic heterocycles. The minimum atomic E-state index is -5.39. The molecular weight excluding hydrogens is 336 g/mol. The summed E-state index contributed by atoms with van der Waals surface area (Å²) in [5.41, 5.74) is -5.13. The third-order valence-electron chi connectivity index (χ3n) is 3.29. The summed E-state index contributed by atoms with van der Waals surface area (Å²) in [4.78, 5) is 12.8. The second-order valence-corrected chi connectivity index (χ2v) is 5.01. The summed E-state index contributed by atoms with van der Waals surface area (Å²) in [6.45, 7) is -1.03. The lowest BCUT2D eigenvalue weighted by atomic mass is 9.93. The van der Waals surface area contributed by atoms with Crippen molar-refractivity contribution in [1.29, 1.82) is 0 Å². The largest absolute Gasteiger partial charge is 0.424 e. The summed E-state index contributed by atoms with van der Waals surface area (Å²) < 4.78 is 57.2. The molecule has 0 bridgehead atoms. The van der Waals surface area contributed by atoms with Crippen LogP contribution in [0.2, 0.25) is 0 Å². The lowest BCUT2D eigenvalue weighted by Gasteiger charge is -2.33. The molecule has 2 rings (SSSR count). The number of aliphatic hydroxyl groups is 3. The number of aliphatic hydroxyl groups excluding tert-OH is 2. The second kappa shape index (κ2) is 5.38. The zero-order valence-corrected chi connectivity index (χ0v) is 11.4. The first-order valence-corrected chi connectivity index (χ1v) is 6.19. The average Bonchev–Trinajstić information content (AvgIpc) is 2.67. The van der Waals surface area contributed by atoms with Gasteiger partial charge in [0.15, 0.2) is 11.0 Å². The minimum Gasteiger partial charge on any atom is -0.394 e. The van der Waals surface area contributed by atoms with Crippen molar-refractivity contribution in [3.63, 3.8) is 0 Å². The number of hydrogen-bond donors (Lipinski definition) is 4. The minimum absolute atomic E-state index is 0.315. The molecule has 0 radical (unpaired) electrons. The molecule has 1 unspecified atom stereocenters. The van der Waals surface area contributed by atoms with Crippen molar-refractivity contribution >= 4 is 12.2 Å². The number of rotatable bonds is 2. The van der Waals surface area contributed by atoms with Gasteiger partial charge in [0, 0.05) is 0 Å². The maximum absolute atomic E-state index is 13.3. The van der Waals surface area contributed by atoms with E-state index in [1.807, 2.05) is 0 Å². The fourth-order valence-corrected chi connectivity index (χ4v) is 2.38. The molecule has 0 aliphatic carbocycles. The van der Waals surface area contributed by atoms with Gasteiger partial charge in [-0.15, -0.1) is 0 Å². The molecule has 1 saturated heterocycles. The molecule has 22 heavy (non-hydrogen) atoms. The topological polar surface area (TPSA) is 108 Å². The number of halogens is 4. The highest BCUT2D eigenvalue weighted by molar-refractivity contribution is 7.71. The molecule has 1 aliphatic heterocycles. The fourth-order valence-electron chi connectivity index (χ4n) is 2.14. The van der Waals surface area contributed by atoms with Gasteiger partial charge in [-0.3, -0.25) is 14.3 Å². The molecule has 12 heteroatoms. The first-order chi connectivity index (χ1) is 10.0. The van der Waals surface area contributed by atoms with E-state index in [9.17, 15) is 32.6 Å². The van der Waals surface area contributed by atoms with Gasteiger partial charge in [0.25, 0.3) is 5.56 Å². The summed E-state index contributed by atoms with van der Waals surface area (Å²) >= 11 is 4.61. The number of hydrogen-bond acceptors (Lipinski definition) is 6. The molecule has 0 saturated carbocycles. The third kappa shape index (κ3) is 2.36. The molecule has 1 fully saturated rings. The fraction of sp³-hybridized carbons (Fsp3) is 0.600. The van der Waals surface area contributed by atoms with E-state index in [4.69, 9.17) is 9.84 Å². The second-order valence-electron chi connectivity index (χ2n) is 4.62. The Labute approximate surface area is 124 Å². The Hall–Kier alpha value is -1.34. The lowest BCUT2D eigenvalue weighted by molar-refractivity contribution is -0.304. The van der Waals surface area contributed by atoms with Crippen LogP contribution < -0.4 is 5.56 Å². The Bertz CT molecular complexity index is 689. The van der Waals surface area contributed by atoms with Gasteiger partial charge < -0.3 is 20.1 Å². The Kier molecular flexibility index (Phi) is 4.16. The van der Waals surface area contributed by atoms with E-state index in [0.29, 0.717) is 10.8 Å². The van der Waals surface area contributed by atoms with E-state index >= 15 is 0 Å². The van der Waals surface area contributed by atoms with E-state index < -0.39 is 53.0 Å². The number of nitrogens with zero attached hydrogens (tertiary/aromatic N) is 1. The smallest absolute Gasteiger partial charge is 0.394 e. The molecule has 1 aliphatic rings. The van der Waals surface area contributed by atoms with Crippen LogP contribution in [0.5, 0.6) is 0 Å². The van der Waals surface area contributed by atoms with Gasteiger partial charge in [0.05, 0.1) is 12.8 Å². The monoisotopic (exact) mass is 346 g/mol. The number of aromatic nitrogens is 2. The Morgan fingerprint density at radius 1 is 1.50 bits per heavy atom. The van der Waals surface area contributed by atoms with Crippen LogP contribution in [0.3, 0.4) is 0 Å². The van der Waals surface area contributed by atoms with Gasteiger partial charge in [-0.1, -0.05) is 0 Å². The van der Waals surface area contributed by atoms with Crippen molar-refractivity contribution < 1.29 is 37.6 Å². The van der Waals surface area contributed by atoms with Gasteiger partial charge >= 0.3 is 6.18 Å². The molecule has 0 spiro atoms. The van der Waals surface area contributed by atoms with E-state index in [-0.39, 0.29) is 0 Å². The number of H-pyrrole nitrogens is 1. The number of alkyl halides is 3. The first-order valence-electron chi connectivity index (χ1n) is 5.78. The Morgan fingerprint density at radius 3 is 2.59 bits per heavy atom. The Balaban J connectivity index is 2.65. The van der Waals surface area contributed by atoms with Crippen molar-refractivity contribution in [3.05, 3.63) is 27.1 Å². The number of nitrogens with one attached hydrogen (secondary N) is 1. The average molecular weight is 346 g/mol. The molecule has 0 aromatic carbocycles. The van der Waals surface area contributed by atoms with Crippen molar-refractivity contribution in [2.75, 3.05) is 6.61 Å². The molecule has 1 aromatic rings. The third-order valence-corrected chi connectivity index (χ3v) is 3.61. The highest BCUT2D eigenvalue weighted by Crippen LogP contribution is 2.48. The van der Waals surface area contributed by atoms with Gasteiger partial charge in [-0.2, -0.15) is 17.6 Å². The van der Waals surface area contributed by atoms with E-state index in [0.717, 1.165) is 0 Å². The predicted octanol–water partition coefficient (Wildman–Crippen LogP) is -0.411. The maximum Gasteiger partial charge on any atom is 0.424 e. The van der Waals surface area contributed by atoms with Crippen LogP contribution in [0, 0.1) is 10.6 Å². The van der Waals surface area contributed by atoms with Crippen LogP contribution >= 0.6 is 12.2 Å². The Morgan fingerprint density at radius 2 is 2.09 bits per heavy atom. The van der Waals surface area contributed by atoms with Crippen molar-refractivity contribution in [1.82, 2.24) is 9.55 Å². The van der Waals surface area contributed by atoms with Crippen LogP contribution in [0.1, 0.15) is 6.23 Å². The first kappa shape index (κ1) is 17.0. The van der Waals surface area contributed by atoms with Gasteiger partial charge in [-0.05, 0) is 12.2 Å². The van der Waals surface area contributed by atoms with Crippen LogP contribution in [-0.2, 0) is 4.74 Å². The molecule has 7 nitrogen and oxygen atoms in total. The van der Waals surface area contributed by atoms with Gasteiger partial charge in [0.1, 0.15) is 12.2 Å². The summed E-state index contributed by atoms with van der Waals surface area (Å²) in [7, 11) is 0.